The topological polar surface area (TPSA) is 101 Å². The third-order valence-electron chi connectivity index (χ3n) is 1.59. The van der Waals surface area contributed by atoms with Crippen LogP contribution in [0.4, 0.5) is 0 Å². The van der Waals surface area contributed by atoms with Gasteiger partial charge in [0, 0.05) is 6.92 Å². The van der Waals surface area contributed by atoms with E-state index in [2.05, 4.69) is 5.32 Å². The van der Waals surface area contributed by atoms with Gasteiger partial charge < -0.3 is 20.5 Å². The molecule has 0 bridgehead atoms. The fourth-order valence-electron chi connectivity index (χ4n) is 0.902. The summed E-state index contributed by atoms with van der Waals surface area (Å²) in [7, 11) is 0. The number of carboxylic acids is 1. The lowest BCUT2D eigenvalue weighted by atomic mass is 10.0. The zero-order valence-corrected chi connectivity index (χ0v) is 8.97. The van der Waals surface area contributed by atoms with E-state index in [0.29, 0.717) is 11.9 Å². The van der Waals surface area contributed by atoms with Gasteiger partial charge >= 0.3 is 5.97 Å². The van der Waals surface area contributed by atoms with Crippen LogP contribution in [0.3, 0.4) is 0 Å². The van der Waals surface area contributed by atoms with E-state index in [9.17, 15) is 14.8 Å². The predicted octanol–water partition coefficient (Wildman–Crippen LogP) is 0.0899. The molecule has 82 valence electrons. The summed E-state index contributed by atoms with van der Waals surface area (Å²) in [6.45, 7) is 4.33. The van der Waals surface area contributed by atoms with Crippen molar-refractivity contribution in [3.63, 3.8) is 0 Å². The Morgan fingerprint density at radius 1 is 1.50 bits per heavy atom. The molecule has 0 spiro atoms. The van der Waals surface area contributed by atoms with E-state index >= 15 is 0 Å². The maximum absolute atomic E-state index is 10.8. The summed E-state index contributed by atoms with van der Waals surface area (Å²) in [5.41, 5.74) is 0. The summed E-state index contributed by atoms with van der Waals surface area (Å²) < 4.78 is -0.917. The van der Waals surface area contributed by atoms with Gasteiger partial charge in [-0.25, -0.2) is 4.79 Å². The van der Waals surface area contributed by atoms with E-state index in [0.717, 1.165) is 0 Å². The molecule has 0 aromatic carbocycles. The Morgan fingerprint density at radius 2 is 2.00 bits per heavy atom. The molecule has 0 saturated carbocycles. The van der Waals surface area contributed by atoms with Crippen molar-refractivity contribution in [2.45, 2.75) is 31.6 Å². The highest BCUT2D eigenvalue weighted by Crippen LogP contribution is 2.25. The quantitative estimate of drug-likeness (QED) is 0.449. The van der Waals surface area contributed by atoms with Gasteiger partial charge in [0.05, 0.1) is 4.75 Å². The molecule has 0 heterocycles. The molecule has 0 aliphatic heterocycles. The average Bonchev–Trinajstić information content (AvgIpc) is 1.99. The maximum Gasteiger partial charge on any atom is 0.327 e. The minimum atomic E-state index is -1.17. The largest absolute Gasteiger partial charge is 0.778 e. The summed E-state index contributed by atoms with van der Waals surface area (Å²) in [5, 5.41) is 21.3. The van der Waals surface area contributed by atoms with Crippen molar-refractivity contribution in [2.24, 2.45) is 0 Å². The van der Waals surface area contributed by atoms with Crippen LogP contribution in [0.1, 0.15) is 20.8 Å². The Kier molecular flexibility index (Phi) is 4.89. The van der Waals surface area contributed by atoms with Gasteiger partial charge in [-0.15, -0.1) is 0 Å². The molecule has 14 heavy (non-hydrogen) atoms. The molecule has 6 nitrogen and oxygen atoms in total. The summed E-state index contributed by atoms with van der Waals surface area (Å²) in [6.07, 6.45) is 0. The van der Waals surface area contributed by atoms with Gasteiger partial charge in [-0.3, -0.25) is 4.79 Å². The van der Waals surface area contributed by atoms with Crippen LogP contribution >= 0.6 is 11.9 Å². The monoisotopic (exact) mass is 221 g/mol. The minimum absolute atomic E-state index is 0.447. The molecule has 0 fully saturated rings. The molecule has 0 saturated heterocycles. The molecule has 1 amide bonds. The lowest BCUT2D eigenvalue weighted by molar-refractivity contribution is -0.142. The van der Waals surface area contributed by atoms with Crippen molar-refractivity contribution < 1.29 is 14.7 Å². The van der Waals surface area contributed by atoms with E-state index in [1.165, 1.54) is 6.92 Å². The molecular formula is C7H13N2O4S-. The third kappa shape index (κ3) is 3.95. The Morgan fingerprint density at radius 3 is 2.29 bits per heavy atom. The van der Waals surface area contributed by atoms with Crippen molar-refractivity contribution in [1.29, 1.82) is 0 Å². The molecule has 0 radical (unpaired) electrons. The van der Waals surface area contributed by atoms with Crippen LogP contribution in [-0.2, 0) is 9.59 Å². The van der Waals surface area contributed by atoms with Crippen LogP contribution in [0.2, 0.25) is 0 Å². The van der Waals surface area contributed by atoms with Gasteiger partial charge in [-0.2, -0.15) is 0 Å². The molecule has 0 aromatic heterocycles. The lowest BCUT2D eigenvalue weighted by Gasteiger charge is -2.32. The van der Waals surface area contributed by atoms with E-state index < -0.39 is 22.7 Å². The Hall–Kier alpha value is -0.790. The van der Waals surface area contributed by atoms with Gasteiger partial charge in [0.2, 0.25) is 5.91 Å². The predicted molar refractivity (Wildman–Crippen MR) is 53.4 cm³/mol. The van der Waals surface area contributed by atoms with Crippen LogP contribution in [0.5, 0.6) is 0 Å². The highest BCUT2D eigenvalue weighted by atomic mass is 32.2. The van der Waals surface area contributed by atoms with E-state index in [-0.39, 0.29) is 0 Å². The molecule has 0 rings (SSSR count). The second-order valence-corrected chi connectivity index (χ2v) is 4.68. The van der Waals surface area contributed by atoms with Gasteiger partial charge in [0.15, 0.2) is 0 Å². The smallest absolute Gasteiger partial charge is 0.327 e. The second kappa shape index (κ2) is 5.18. The number of carbonyl (C=O) groups excluding carboxylic acids is 1. The van der Waals surface area contributed by atoms with Gasteiger partial charge in [-0.05, 0) is 13.8 Å². The first-order chi connectivity index (χ1) is 6.31. The Labute approximate surface area is 86.2 Å². The first-order valence-corrected chi connectivity index (χ1v) is 4.68. The van der Waals surface area contributed by atoms with E-state index in [1.54, 1.807) is 18.7 Å². The SMILES string of the molecule is CC(=O)N[C@@H](C(=O)O)C(C)(C)SN[O-]. The number of carbonyl (C=O) groups is 2. The Bertz CT molecular complexity index is 232. The van der Waals surface area contributed by atoms with Crippen molar-refractivity contribution in [3.8, 4) is 0 Å². The number of rotatable bonds is 5. The number of amides is 1. The standard InChI is InChI=1S/C7H13N2O4S/c1-4(10)8-5(6(11)12)7(2,3)14-9-13/h5,9H,1-3H3,(H,8,10)(H,11,12)/q-1/t5-/m0/s1. The van der Waals surface area contributed by atoms with Crippen molar-refractivity contribution in [1.82, 2.24) is 10.2 Å². The number of aliphatic carboxylic acids is 1. The fourth-order valence-corrected chi connectivity index (χ4v) is 1.39. The highest BCUT2D eigenvalue weighted by molar-refractivity contribution is 7.98. The van der Waals surface area contributed by atoms with Gasteiger partial charge in [0.25, 0.3) is 0 Å². The van der Waals surface area contributed by atoms with Crippen LogP contribution in [0, 0.1) is 5.21 Å². The van der Waals surface area contributed by atoms with Crippen LogP contribution in [0.25, 0.3) is 0 Å². The number of hydrogen-bond acceptors (Lipinski definition) is 5. The number of nitrogens with one attached hydrogen (secondary N) is 2. The highest BCUT2D eigenvalue weighted by Gasteiger charge is 2.36. The average molecular weight is 221 g/mol. The maximum atomic E-state index is 10.8. The third-order valence-corrected chi connectivity index (χ3v) is 2.44. The van der Waals surface area contributed by atoms with Gasteiger partial charge in [-0.1, -0.05) is 11.9 Å². The molecule has 0 aromatic rings. The summed E-state index contributed by atoms with van der Waals surface area (Å²) in [4.78, 5) is 23.1. The van der Waals surface area contributed by atoms with Gasteiger partial charge in [0.1, 0.15) is 6.04 Å². The van der Waals surface area contributed by atoms with E-state index in [4.69, 9.17) is 5.11 Å². The molecule has 0 aliphatic rings. The normalized spacial score (nSPS) is 13.4. The summed E-state index contributed by atoms with van der Waals surface area (Å²) in [6, 6.07) is -1.11. The molecule has 3 N–H and O–H groups in total. The van der Waals surface area contributed by atoms with Crippen LogP contribution in [-0.4, -0.2) is 27.8 Å². The molecule has 1 atom stereocenters. The van der Waals surface area contributed by atoms with Crippen molar-refractivity contribution in [3.05, 3.63) is 5.21 Å². The fraction of sp³-hybridized carbons (Fsp3) is 0.714. The zero-order valence-electron chi connectivity index (χ0n) is 8.16. The molecular weight excluding hydrogens is 208 g/mol. The first kappa shape index (κ1) is 13.2. The van der Waals surface area contributed by atoms with Crippen LogP contribution in [0.15, 0.2) is 0 Å². The Balaban J connectivity index is 4.62. The van der Waals surface area contributed by atoms with E-state index in [1.807, 2.05) is 0 Å². The number of carboxylic acid groups (broad SMARTS) is 1. The second-order valence-electron chi connectivity index (χ2n) is 3.26. The molecule has 7 heteroatoms. The lowest BCUT2D eigenvalue weighted by Crippen LogP contribution is -2.52. The number of hydrogen-bond donors (Lipinski definition) is 3. The molecule has 0 aliphatic carbocycles. The first-order valence-electron chi connectivity index (χ1n) is 3.86. The van der Waals surface area contributed by atoms with Crippen LogP contribution < -0.4 is 10.2 Å². The summed E-state index contributed by atoms with van der Waals surface area (Å²) >= 11 is 0.711. The molecule has 0 unspecified atom stereocenters. The summed E-state index contributed by atoms with van der Waals surface area (Å²) in [5.74, 6) is -1.62. The van der Waals surface area contributed by atoms with Crippen molar-refractivity contribution in [2.75, 3.05) is 0 Å². The zero-order chi connectivity index (χ0) is 11.4. The van der Waals surface area contributed by atoms with Crippen molar-refractivity contribution >= 4 is 23.8 Å². The minimum Gasteiger partial charge on any atom is -0.778 e.